The number of para-hydroxylation sites is 1. The molecule has 2 aromatic carbocycles. The van der Waals surface area contributed by atoms with Gasteiger partial charge >= 0.3 is 6.03 Å². The summed E-state index contributed by atoms with van der Waals surface area (Å²) in [5, 5.41) is 3.03. The molecular weight excluding hydrogens is 326 g/mol. The Kier molecular flexibility index (Phi) is 6.12. The molecule has 1 aliphatic heterocycles. The monoisotopic (exact) mass is 353 g/mol. The summed E-state index contributed by atoms with van der Waals surface area (Å²) in [5.41, 5.74) is 3.53. The van der Waals surface area contributed by atoms with Gasteiger partial charge in [0, 0.05) is 44.8 Å². The molecule has 5 heteroatoms. The second-order valence-corrected chi connectivity index (χ2v) is 6.72. The van der Waals surface area contributed by atoms with E-state index in [0.29, 0.717) is 6.54 Å². The molecule has 5 nitrogen and oxygen atoms in total. The van der Waals surface area contributed by atoms with Gasteiger partial charge in [-0.1, -0.05) is 48.0 Å². The third kappa shape index (κ3) is 4.76. The van der Waals surface area contributed by atoms with Crippen molar-refractivity contribution in [3.05, 3.63) is 65.2 Å². The second kappa shape index (κ2) is 8.72. The fourth-order valence-corrected chi connectivity index (χ4v) is 3.30. The van der Waals surface area contributed by atoms with Crippen LogP contribution in [0.1, 0.15) is 16.7 Å². The molecular formula is C21H27N3O2. The Balaban J connectivity index is 1.46. The number of ether oxygens (including phenoxy) is 1. The Labute approximate surface area is 155 Å². The molecule has 138 valence electrons. The van der Waals surface area contributed by atoms with Crippen molar-refractivity contribution in [2.45, 2.75) is 20.0 Å². The molecule has 1 N–H and O–H groups in total. The third-order valence-corrected chi connectivity index (χ3v) is 4.77. The Morgan fingerprint density at radius 2 is 1.85 bits per heavy atom. The predicted molar refractivity (Wildman–Crippen MR) is 103 cm³/mol. The Morgan fingerprint density at radius 1 is 1.08 bits per heavy atom. The van der Waals surface area contributed by atoms with Crippen LogP contribution in [0.15, 0.2) is 48.5 Å². The first-order valence-electron chi connectivity index (χ1n) is 9.08. The molecule has 0 aromatic heterocycles. The van der Waals surface area contributed by atoms with E-state index in [2.05, 4.69) is 35.3 Å². The van der Waals surface area contributed by atoms with Gasteiger partial charge in [0.15, 0.2) is 0 Å². The number of rotatable bonds is 5. The number of piperazine rings is 1. The second-order valence-electron chi connectivity index (χ2n) is 6.72. The van der Waals surface area contributed by atoms with Crippen molar-refractivity contribution in [1.82, 2.24) is 15.1 Å². The molecule has 1 aliphatic rings. The zero-order chi connectivity index (χ0) is 18.4. The summed E-state index contributed by atoms with van der Waals surface area (Å²) in [6.07, 6.45) is 0. The first-order chi connectivity index (χ1) is 12.7. The molecule has 0 saturated carbocycles. The number of aryl methyl sites for hydroxylation is 1. The van der Waals surface area contributed by atoms with Crippen LogP contribution in [-0.2, 0) is 13.1 Å². The van der Waals surface area contributed by atoms with Crippen molar-refractivity contribution in [3.8, 4) is 5.75 Å². The van der Waals surface area contributed by atoms with Crippen molar-refractivity contribution >= 4 is 6.03 Å². The van der Waals surface area contributed by atoms with Crippen molar-refractivity contribution < 1.29 is 9.53 Å². The van der Waals surface area contributed by atoms with Gasteiger partial charge in [0.05, 0.1) is 7.11 Å². The predicted octanol–water partition coefficient (Wildman–Crippen LogP) is 3.03. The molecule has 0 aliphatic carbocycles. The largest absolute Gasteiger partial charge is 0.496 e. The number of amides is 2. The normalized spacial score (nSPS) is 14.9. The number of hydrogen-bond acceptors (Lipinski definition) is 3. The number of nitrogens with zero attached hydrogens (tertiary/aromatic N) is 2. The maximum Gasteiger partial charge on any atom is 0.317 e. The van der Waals surface area contributed by atoms with Gasteiger partial charge in [-0.2, -0.15) is 0 Å². The van der Waals surface area contributed by atoms with Crippen LogP contribution in [0.5, 0.6) is 5.75 Å². The molecule has 0 atom stereocenters. The highest BCUT2D eigenvalue weighted by Gasteiger charge is 2.21. The minimum Gasteiger partial charge on any atom is -0.496 e. The first-order valence-corrected chi connectivity index (χ1v) is 9.08. The number of urea groups is 1. The standard InChI is InChI=1S/C21H27N3O2/c1-17-6-5-7-18(14-17)15-22-21(25)24-12-10-23(11-13-24)16-19-8-3-4-9-20(19)26-2/h3-9,14H,10-13,15-16H2,1-2H3,(H,22,25). The molecule has 0 unspecified atom stereocenters. The molecule has 0 bridgehead atoms. The summed E-state index contributed by atoms with van der Waals surface area (Å²) in [7, 11) is 1.70. The number of benzene rings is 2. The molecule has 0 radical (unpaired) electrons. The van der Waals surface area contributed by atoms with E-state index >= 15 is 0 Å². The maximum atomic E-state index is 12.4. The summed E-state index contributed by atoms with van der Waals surface area (Å²) in [4.78, 5) is 16.7. The van der Waals surface area contributed by atoms with Gasteiger partial charge in [-0.3, -0.25) is 4.90 Å². The Hall–Kier alpha value is -2.53. The minimum absolute atomic E-state index is 0.0171. The zero-order valence-corrected chi connectivity index (χ0v) is 15.6. The van der Waals surface area contributed by atoms with Gasteiger partial charge < -0.3 is 15.0 Å². The van der Waals surface area contributed by atoms with Gasteiger partial charge in [0.25, 0.3) is 0 Å². The Morgan fingerprint density at radius 3 is 2.58 bits per heavy atom. The summed E-state index contributed by atoms with van der Waals surface area (Å²) in [6.45, 7) is 6.71. The van der Waals surface area contributed by atoms with E-state index in [0.717, 1.165) is 44.0 Å². The number of methoxy groups -OCH3 is 1. The minimum atomic E-state index is 0.0171. The van der Waals surface area contributed by atoms with Crippen LogP contribution in [-0.4, -0.2) is 49.1 Å². The lowest BCUT2D eigenvalue weighted by atomic mass is 10.1. The number of carbonyl (C=O) groups excluding carboxylic acids is 1. The molecule has 26 heavy (non-hydrogen) atoms. The van der Waals surface area contributed by atoms with E-state index in [-0.39, 0.29) is 6.03 Å². The van der Waals surface area contributed by atoms with E-state index in [9.17, 15) is 4.79 Å². The van der Waals surface area contributed by atoms with Crippen LogP contribution in [0.2, 0.25) is 0 Å². The molecule has 0 spiro atoms. The zero-order valence-electron chi connectivity index (χ0n) is 15.6. The Bertz CT molecular complexity index is 740. The molecule has 2 amide bonds. The van der Waals surface area contributed by atoms with Crippen LogP contribution in [0.25, 0.3) is 0 Å². The number of hydrogen-bond donors (Lipinski definition) is 1. The van der Waals surface area contributed by atoms with E-state index < -0.39 is 0 Å². The number of carbonyl (C=O) groups is 1. The van der Waals surface area contributed by atoms with E-state index in [1.807, 2.05) is 35.2 Å². The fraction of sp³-hybridized carbons (Fsp3) is 0.381. The van der Waals surface area contributed by atoms with Gasteiger partial charge in [0.2, 0.25) is 0 Å². The van der Waals surface area contributed by atoms with Crippen molar-refractivity contribution in [2.24, 2.45) is 0 Å². The van der Waals surface area contributed by atoms with Gasteiger partial charge in [-0.15, -0.1) is 0 Å². The van der Waals surface area contributed by atoms with Crippen molar-refractivity contribution in [3.63, 3.8) is 0 Å². The van der Waals surface area contributed by atoms with Crippen LogP contribution < -0.4 is 10.1 Å². The number of nitrogens with one attached hydrogen (secondary N) is 1. The summed E-state index contributed by atoms with van der Waals surface area (Å²) in [5.74, 6) is 0.922. The molecule has 2 aromatic rings. The first kappa shape index (κ1) is 18.3. The fourth-order valence-electron chi connectivity index (χ4n) is 3.30. The lowest BCUT2D eigenvalue weighted by molar-refractivity contribution is 0.134. The molecule has 1 fully saturated rings. The lowest BCUT2D eigenvalue weighted by Crippen LogP contribution is -2.51. The summed E-state index contributed by atoms with van der Waals surface area (Å²) >= 11 is 0. The SMILES string of the molecule is COc1ccccc1CN1CCN(C(=O)NCc2cccc(C)c2)CC1. The quantitative estimate of drug-likeness (QED) is 0.899. The smallest absolute Gasteiger partial charge is 0.317 e. The van der Waals surface area contributed by atoms with Gasteiger partial charge in [0.1, 0.15) is 5.75 Å². The van der Waals surface area contributed by atoms with E-state index in [1.165, 1.54) is 11.1 Å². The summed E-state index contributed by atoms with van der Waals surface area (Å²) in [6, 6.07) is 16.3. The average Bonchev–Trinajstić information content (AvgIpc) is 2.67. The molecule has 1 heterocycles. The third-order valence-electron chi connectivity index (χ3n) is 4.77. The van der Waals surface area contributed by atoms with Crippen LogP contribution in [0, 0.1) is 6.92 Å². The lowest BCUT2D eigenvalue weighted by Gasteiger charge is -2.34. The topological polar surface area (TPSA) is 44.8 Å². The van der Waals surface area contributed by atoms with Gasteiger partial charge in [-0.05, 0) is 18.6 Å². The van der Waals surface area contributed by atoms with Gasteiger partial charge in [-0.25, -0.2) is 4.79 Å². The highest BCUT2D eigenvalue weighted by Crippen LogP contribution is 2.20. The van der Waals surface area contributed by atoms with Crippen molar-refractivity contribution in [2.75, 3.05) is 33.3 Å². The highest BCUT2D eigenvalue weighted by atomic mass is 16.5. The summed E-state index contributed by atoms with van der Waals surface area (Å²) < 4.78 is 5.43. The highest BCUT2D eigenvalue weighted by molar-refractivity contribution is 5.74. The van der Waals surface area contributed by atoms with E-state index in [4.69, 9.17) is 4.74 Å². The van der Waals surface area contributed by atoms with Crippen molar-refractivity contribution in [1.29, 1.82) is 0 Å². The van der Waals surface area contributed by atoms with E-state index in [1.54, 1.807) is 7.11 Å². The van der Waals surface area contributed by atoms with Crippen LogP contribution in [0.3, 0.4) is 0 Å². The van der Waals surface area contributed by atoms with Crippen LogP contribution in [0.4, 0.5) is 4.79 Å². The van der Waals surface area contributed by atoms with Crippen LogP contribution >= 0.6 is 0 Å². The molecule has 1 saturated heterocycles. The maximum absolute atomic E-state index is 12.4. The molecule has 3 rings (SSSR count). The average molecular weight is 353 g/mol.